The zero-order valence-electron chi connectivity index (χ0n) is 12.6. The minimum atomic E-state index is -1.10. The minimum absolute atomic E-state index is 0.0919. The Hall–Kier alpha value is -3.30. The first-order valence-corrected chi connectivity index (χ1v) is 6.05. The van der Waals surface area contributed by atoms with Gasteiger partial charge >= 0.3 is 11.9 Å². The van der Waals surface area contributed by atoms with Crippen molar-refractivity contribution >= 4 is 11.9 Å². The molecule has 0 amide bonds. The van der Waals surface area contributed by atoms with Gasteiger partial charge in [0.15, 0.2) is 11.4 Å². The average Bonchev–Trinajstić information content (AvgIpc) is 2.61. The van der Waals surface area contributed by atoms with Gasteiger partial charge < -0.3 is 19.3 Å². The standard InChI is InChI=1S/C7H8N2O3.C6H6N2O3/c1-11-6-4-8-5(3-9-6)7(10)12-2;1-11-5-3-7-4(2-8-5)6(9)10/h3-4H,1-2H3;2-3H,1H3,(H,9,10). The highest BCUT2D eigenvalue weighted by molar-refractivity contribution is 5.86. The van der Waals surface area contributed by atoms with Crippen molar-refractivity contribution < 1.29 is 28.9 Å². The monoisotopic (exact) mass is 322 g/mol. The molecule has 2 heterocycles. The van der Waals surface area contributed by atoms with Crippen LogP contribution in [0, 0.1) is 0 Å². The average molecular weight is 322 g/mol. The van der Waals surface area contributed by atoms with Crippen molar-refractivity contribution in [3.63, 3.8) is 0 Å². The van der Waals surface area contributed by atoms with Crippen LogP contribution in [0.4, 0.5) is 0 Å². The molecule has 0 unspecified atom stereocenters. The summed E-state index contributed by atoms with van der Waals surface area (Å²) in [5.41, 5.74) is 0.0732. The smallest absolute Gasteiger partial charge is 0.358 e. The Labute approximate surface area is 131 Å². The molecule has 0 aliphatic carbocycles. The largest absolute Gasteiger partial charge is 0.480 e. The van der Waals surface area contributed by atoms with Crippen molar-refractivity contribution in [2.24, 2.45) is 0 Å². The summed E-state index contributed by atoms with van der Waals surface area (Å²) in [7, 11) is 4.19. The molecule has 0 atom stereocenters. The van der Waals surface area contributed by atoms with Crippen LogP contribution in [0.5, 0.6) is 11.8 Å². The van der Waals surface area contributed by atoms with Crippen molar-refractivity contribution in [1.29, 1.82) is 0 Å². The van der Waals surface area contributed by atoms with E-state index in [1.807, 2.05) is 0 Å². The van der Waals surface area contributed by atoms with Crippen molar-refractivity contribution in [3.8, 4) is 11.8 Å². The van der Waals surface area contributed by atoms with E-state index in [1.54, 1.807) is 0 Å². The number of methoxy groups -OCH3 is 3. The van der Waals surface area contributed by atoms with Gasteiger partial charge in [-0.25, -0.2) is 29.5 Å². The predicted octanol–water partition coefficient (Wildman–Crippen LogP) is 0.455. The molecule has 0 fully saturated rings. The Morgan fingerprint density at radius 2 is 1.30 bits per heavy atom. The summed E-state index contributed by atoms with van der Waals surface area (Å²) >= 11 is 0. The molecule has 2 aromatic rings. The number of carbonyl (C=O) groups is 2. The Balaban J connectivity index is 0.000000231. The highest BCUT2D eigenvalue weighted by atomic mass is 16.5. The van der Waals surface area contributed by atoms with Crippen LogP contribution in [0.15, 0.2) is 24.8 Å². The lowest BCUT2D eigenvalue weighted by Gasteiger charge is -1.98. The van der Waals surface area contributed by atoms with Crippen molar-refractivity contribution in [3.05, 3.63) is 36.2 Å². The van der Waals surface area contributed by atoms with Gasteiger partial charge in [-0.2, -0.15) is 0 Å². The molecule has 23 heavy (non-hydrogen) atoms. The van der Waals surface area contributed by atoms with Gasteiger partial charge in [0.05, 0.1) is 46.1 Å². The summed E-state index contributed by atoms with van der Waals surface area (Å²) < 4.78 is 13.9. The third-order valence-corrected chi connectivity index (χ3v) is 2.29. The fourth-order valence-corrected chi connectivity index (χ4v) is 1.16. The lowest BCUT2D eigenvalue weighted by Crippen LogP contribution is -2.04. The van der Waals surface area contributed by atoms with E-state index < -0.39 is 11.9 Å². The number of carbonyl (C=O) groups excluding carboxylic acids is 1. The molecule has 0 aromatic carbocycles. The van der Waals surface area contributed by atoms with Gasteiger partial charge in [0.2, 0.25) is 11.8 Å². The fourth-order valence-electron chi connectivity index (χ4n) is 1.16. The third kappa shape index (κ3) is 5.53. The van der Waals surface area contributed by atoms with E-state index >= 15 is 0 Å². The number of nitrogens with zero attached hydrogens (tertiary/aromatic N) is 4. The van der Waals surface area contributed by atoms with Crippen LogP contribution in [0.25, 0.3) is 0 Å². The Morgan fingerprint density at radius 1 is 0.826 bits per heavy atom. The van der Waals surface area contributed by atoms with Gasteiger partial charge in [-0.3, -0.25) is 0 Å². The molecule has 0 spiro atoms. The van der Waals surface area contributed by atoms with Crippen molar-refractivity contribution in [2.45, 2.75) is 0 Å². The van der Waals surface area contributed by atoms with Crippen molar-refractivity contribution in [1.82, 2.24) is 19.9 Å². The highest BCUT2D eigenvalue weighted by Gasteiger charge is 2.06. The number of hydrogen-bond donors (Lipinski definition) is 1. The Morgan fingerprint density at radius 3 is 1.61 bits per heavy atom. The zero-order chi connectivity index (χ0) is 17.2. The summed E-state index contributed by atoms with van der Waals surface area (Å²) in [5, 5.41) is 8.41. The molecule has 0 saturated heterocycles. The molecule has 0 aliphatic rings. The number of carboxylic acid groups (broad SMARTS) is 1. The van der Waals surface area contributed by atoms with Gasteiger partial charge in [0.25, 0.3) is 0 Å². The van der Waals surface area contributed by atoms with Crippen LogP contribution in [0.3, 0.4) is 0 Å². The number of esters is 1. The topological polar surface area (TPSA) is 134 Å². The normalized spacial score (nSPS) is 9.17. The van der Waals surface area contributed by atoms with E-state index in [-0.39, 0.29) is 11.4 Å². The maximum absolute atomic E-state index is 10.8. The van der Waals surface area contributed by atoms with Gasteiger partial charge in [0.1, 0.15) is 0 Å². The molecule has 122 valence electrons. The zero-order valence-corrected chi connectivity index (χ0v) is 12.6. The van der Waals surface area contributed by atoms with E-state index in [1.165, 1.54) is 39.9 Å². The van der Waals surface area contributed by atoms with Crippen LogP contribution in [0.2, 0.25) is 0 Å². The maximum atomic E-state index is 10.8. The van der Waals surface area contributed by atoms with Crippen LogP contribution in [0.1, 0.15) is 21.0 Å². The number of hydrogen-bond acceptors (Lipinski definition) is 9. The lowest BCUT2D eigenvalue weighted by molar-refractivity contribution is 0.0592. The second-order valence-corrected chi connectivity index (χ2v) is 3.68. The first-order chi connectivity index (χ1) is 11.0. The number of rotatable bonds is 4. The molecule has 10 heteroatoms. The summed E-state index contributed by atoms with van der Waals surface area (Å²) in [5.74, 6) is -0.942. The lowest BCUT2D eigenvalue weighted by atomic mass is 10.5. The predicted molar refractivity (Wildman–Crippen MR) is 75.5 cm³/mol. The molecule has 0 saturated carbocycles. The molecule has 0 radical (unpaired) electrons. The van der Waals surface area contributed by atoms with E-state index in [0.29, 0.717) is 11.8 Å². The molecule has 10 nitrogen and oxygen atoms in total. The Bertz CT molecular complexity index is 645. The van der Waals surface area contributed by atoms with Gasteiger partial charge in [-0.15, -0.1) is 0 Å². The number of ether oxygens (including phenoxy) is 3. The SMILES string of the molecule is COC(=O)c1cnc(OC)cn1.COc1cnc(C(=O)O)cn1. The number of aromatic carboxylic acids is 1. The van der Waals surface area contributed by atoms with Crippen LogP contribution >= 0.6 is 0 Å². The molecule has 2 aromatic heterocycles. The second kappa shape index (κ2) is 8.87. The fraction of sp³-hybridized carbons (Fsp3) is 0.231. The summed E-state index contributed by atoms with van der Waals surface area (Å²) in [4.78, 5) is 35.9. The minimum Gasteiger partial charge on any atom is -0.480 e. The number of carboxylic acids is 1. The van der Waals surface area contributed by atoms with Gasteiger partial charge in [-0.05, 0) is 0 Å². The third-order valence-electron chi connectivity index (χ3n) is 2.29. The van der Waals surface area contributed by atoms with Crippen LogP contribution in [-0.2, 0) is 4.74 Å². The first-order valence-electron chi connectivity index (χ1n) is 6.05. The first kappa shape index (κ1) is 17.8. The Kier molecular flexibility index (Phi) is 6.85. The van der Waals surface area contributed by atoms with Crippen LogP contribution in [-0.4, -0.2) is 58.3 Å². The van der Waals surface area contributed by atoms with E-state index in [2.05, 4.69) is 29.4 Å². The summed E-state index contributed by atoms with van der Waals surface area (Å²) in [6, 6.07) is 0. The van der Waals surface area contributed by atoms with Crippen LogP contribution < -0.4 is 9.47 Å². The second-order valence-electron chi connectivity index (χ2n) is 3.68. The van der Waals surface area contributed by atoms with E-state index in [9.17, 15) is 9.59 Å². The highest BCUT2D eigenvalue weighted by Crippen LogP contribution is 2.03. The summed E-state index contributed by atoms with van der Waals surface area (Å²) in [6.45, 7) is 0. The molecule has 0 aliphatic heterocycles. The molecular weight excluding hydrogens is 308 g/mol. The molecule has 1 N–H and O–H groups in total. The van der Waals surface area contributed by atoms with E-state index in [4.69, 9.17) is 9.84 Å². The quantitative estimate of drug-likeness (QED) is 0.791. The molecule has 2 rings (SSSR count). The van der Waals surface area contributed by atoms with Crippen molar-refractivity contribution in [2.75, 3.05) is 21.3 Å². The molecule has 0 bridgehead atoms. The number of aromatic nitrogens is 4. The van der Waals surface area contributed by atoms with Gasteiger partial charge in [0, 0.05) is 0 Å². The molecular formula is C13H14N4O6. The van der Waals surface area contributed by atoms with E-state index in [0.717, 1.165) is 6.20 Å². The summed E-state index contributed by atoms with van der Waals surface area (Å²) in [6.07, 6.45) is 5.04. The van der Waals surface area contributed by atoms with Gasteiger partial charge in [-0.1, -0.05) is 0 Å². The maximum Gasteiger partial charge on any atom is 0.358 e.